The Morgan fingerprint density at radius 3 is 1.94 bits per heavy atom. The maximum atomic E-state index is 12.7. The molecule has 0 saturated heterocycles. The SMILES string of the molecule is C=CC(=O)OCC(F)(F)CC(F)(F)C(F)(F)F. The minimum absolute atomic E-state index is 0.470. The number of carbonyl (C=O) groups excluding carboxylic acids is 1. The molecule has 0 aliphatic carbocycles. The van der Waals surface area contributed by atoms with E-state index in [1.807, 2.05) is 0 Å². The molecular weight excluding hydrogens is 261 g/mol. The summed E-state index contributed by atoms with van der Waals surface area (Å²) < 4.78 is 88.4. The van der Waals surface area contributed by atoms with E-state index in [2.05, 4.69) is 11.3 Å². The molecule has 0 bridgehead atoms. The van der Waals surface area contributed by atoms with Crippen LogP contribution >= 0.6 is 0 Å². The average molecular weight is 268 g/mol. The molecule has 0 unspecified atom stereocenters. The first-order chi connectivity index (χ1) is 7.41. The van der Waals surface area contributed by atoms with Crippen LogP contribution in [-0.2, 0) is 9.53 Å². The van der Waals surface area contributed by atoms with Gasteiger partial charge in [0.25, 0.3) is 5.92 Å². The molecule has 0 aromatic heterocycles. The van der Waals surface area contributed by atoms with Crippen molar-refractivity contribution in [3.05, 3.63) is 12.7 Å². The van der Waals surface area contributed by atoms with Crippen molar-refractivity contribution in [2.24, 2.45) is 0 Å². The van der Waals surface area contributed by atoms with Gasteiger partial charge in [-0.15, -0.1) is 0 Å². The molecule has 0 aliphatic rings. The molecule has 0 N–H and O–H groups in total. The number of ether oxygens (including phenoxy) is 1. The second kappa shape index (κ2) is 4.92. The van der Waals surface area contributed by atoms with Crippen LogP contribution in [0.2, 0.25) is 0 Å². The quantitative estimate of drug-likeness (QED) is 0.435. The maximum absolute atomic E-state index is 12.7. The number of alkyl halides is 7. The molecule has 2 nitrogen and oxygen atoms in total. The van der Waals surface area contributed by atoms with Gasteiger partial charge in [0.05, 0.1) is 6.42 Å². The first-order valence-corrected chi connectivity index (χ1v) is 4.03. The van der Waals surface area contributed by atoms with Gasteiger partial charge in [-0.05, 0) is 0 Å². The van der Waals surface area contributed by atoms with Crippen molar-refractivity contribution in [3.8, 4) is 0 Å². The van der Waals surface area contributed by atoms with Gasteiger partial charge in [-0.3, -0.25) is 0 Å². The van der Waals surface area contributed by atoms with Crippen molar-refractivity contribution in [3.63, 3.8) is 0 Å². The standard InChI is InChI=1S/C8H7F7O2/c1-2-5(16)17-4-6(9,10)3-7(11,12)8(13,14)15/h2H,1,3-4H2. The Labute approximate surface area is 91.0 Å². The van der Waals surface area contributed by atoms with E-state index in [9.17, 15) is 35.5 Å². The van der Waals surface area contributed by atoms with E-state index in [0.717, 1.165) is 0 Å². The van der Waals surface area contributed by atoms with Gasteiger partial charge in [0.15, 0.2) is 6.61 Å². The zero-order valence-corrected chi connectivity index (χ0v) is 8.16. The first-order valence-electron chi connectivity index (χ1n) is 4.03. The lowest BCUT2D eigenvalue weighted by Gasteiger charge is -2.24. The van der Waals surface area contributed by atoms with Crippen molar-refractivity contribution >= 4 is 5.97 Å². The van der Waals surface area contributed by atoms with Crippen LogP contribution in [0.15, 0.2) is 12.7 Å². The van der Waals surface area contributed by atoms with Crippen molar-refractivity contribution < 1.29 is 40.3 Å². The predicted molar refractivity (Wildman–Crippen MR) is 41.7 cm³/mol. The molecule has 100 valence electrons. The van der Waals surface area contributed by atoms with Gasteiger partial charge in [-0.25, -0.2) is 13.6 Å². The number of hydrogen-bond donors (Lipinski definition) is 0. The van der Waals surface area contributed by atoms with Crippen LogP contribution in [0.25, 0.3) is 0 Å². The van der Waals surface area contributed by atoms with Gasteiger partial charge in [-0.2, -0.15) is 22.0 Å². The van der Waals surface area contributed by atoms with E-state index in [1.54, 1.807) is 0 Å². The smallest absolute Gasteiger partial charge is 0.453 e. The predicted octanol–water partition coefficient (Wildman–Crippen LogP) is 2.94. The minimum atomic E-state index is -6.08. The highest BCUT2D eigenvalue weighted by Gasteiger charge is 2.61. The Morgan fingerprint density at radius 2 is 1.59 bits per heavy atom. The van der Waals surface area contributed by atoms with E-state index in [-0.39, 0.29) is 0 Å². The van der Waals surface area contributed by atoms with Crippen molar-refractivity contribution in [1.82, 2.24) is 0 Å². The molecule has 0 rings (SSSR count). The van der Waals surface area contributed by atoms with Crippen LogP contribution < -0.4 is 0 Å². The Kier molecular flexibility index (Phi) is 4.55. The van der Waals surface area contributed by atoms with Gasteiger partial charge in [-0.1, -0.05) is 6.58 Å². The molecular formula is C8H7F7O2. The molecule has 0 aromatic rings. The zero-order valence-electron chi connectivity index (χ0n) is 8.16. The number of rotatable bonds is 5. The summed E-state index contributed by atoms with van der Waals surface area (Å²) in [4.78, 5) is 10.3. The van der Waals surface area contributed by atoms with Crippen molar-refractivity contribution in [2.45, 2.75) is 24.4 Å². The molecule has 0 spiro atoms. The Hall–Kier alpha value is -1.28. The third-order valence-electron chi connectivity index (χ3n) is 1.49. The highest BCUT2D eigenvalue weighted by Crippen LogP contribution is 2.42. The zero-order chi connectivity index (χ0) is 13.9. The van der Waals surface area contributed by atoms with Crippen LogP contribution in [-0.4, -0.2) is 30.6 Å². The topological polar surface area (TPSA) is 26.3 Å². The lowest BCUT2D eigenvalue weighted by Crippen LogP contribution is -2.43. The van der Waals surface area contributed by atoms with Gasteiger partial charge < -0.3 is 4.74 Å². The maximum Gasteiger partial charge on any atom is 0.453 e. The average Bonchev–Trinajstić information content (AvgIpc) is 2.10. The third kappa shape index (κ3) is 5.05. The highest BCUT2D eigenvalue weighted by atomic mass is 19.4. The Bertz CT molecular complexity index is 295. The molecule has 0 amide bonds. The summed E-state index contributed by atoms with van der Waals surface area (Å²) >= 11 is 0. The molecule has 0 heterocycles. The molecule has 0 saturated carbocycles. The summed E-state index contributed by atoms with van der Waals surface area (Å²) in [7, 11) is 0. The van der Waals surface area contributed by atoms with E-state index in [1.165, 1.54) is 0 Å². The summed E-state index contributed by atoms with van der Waals surface area (Å²) in [6, 6.07) is 0. The molecule has 0 atom stereocenters. The number of carbonyl (C=O) groups is 1. The van der Waals surface area contributed by atoms with Crippen molar-refractivity contribution in [2.75, 3.05) is 6.61 Å². The molecule has 0 aliphatic heterocycles. The summed E-state index contributed by atoms with van der Waals surface area (Å²) in [6.07, 6.45) is -8.40. The molecule has 0 aromatic carbocycles. The Morgan fingerprint density at radius 1 is 1.12 bits per heavy atom. The van der Waals surface area contributed by atoms with Crippen LogP contribution in [0, 0.1) is 0 Å². The third-order valence-corrected chi connectivity index (χ3v) is 1.49. The Balaban J connectivity index is 4.54. The molecule has 17 heavy (non-hydrogen) atoms. The lowest BCUT2D eigenvalue weighted by molar-refractivity contribution is -0.302. The second-order valence-corrected chi connectivity index (χ2v) is 3.05. The van der Waals surface area contributed by atoms with Gasteiger partial charge in [0.1, 0.15) is 0 Å². The summed E-state index contributed by atoms with van der Waals surface area (Å²) in [5.41, 5.74) is 0. The monoisotopic (exact) mass is 268 g/mol. The first kappa shape index (κ1) is 15.7. The fourth-order valence-electron chi connectivity index (χ4n) is 0.712. The fourth-order valence-corrected chi connectivity index (χ4v) is 0.712. The number of halogens is 7. The van der Waals surface area contributed by atoms with Crippen LogP contribution in [0.4, 0.5) is 30.7 Å². The van der Waals surface area contributed by atoms with E-state index in [0.29, 0.717) is 6.08 Å². The van der Waals surface area contributed by atoms with E-state index < -0.39 is 37.0 Å². The minimum Gasteiger partial charge on any atom is -0.456 e. The lowest BCUT2D eigenvalue weighted by atomic mass is 10.1. The van der Waals surface area contributed by atoms with Gasteiger partial charge >= 0.3 is 18.1 Å². The second-order valence-electron chi connectivity index (χ2n) is 3.05. The summed E-state index contributed by atoms with van der Waals surface area (Å²) in [6.45, 7) is 0.956. The molecule has 0 radical (unpaired) electrons. The number of hydrogen-bond acceptors (Lipinski definition) is 2. The summed E-state index contributed by atoms with van der Waals surface area (Å²) in [5, 5.41) is 0. The number of esters is 1. The van der Waals surface area contributed by atoms with Crippen LogP contribution in [0.5, 0.6) is 0 Å². The largest absolute Gasteiger partial charge is 0.456 e. The van der Waals surface area contributed by atoms with E-state index >= 15 is 0 Å². The molecule has 0 fully saturated rings. The fraction of sp³-hybridized carbons (Fsp3) is 0.625. The van der Waals surface area contributed by atoms with Crippen molar-refractivity contribution in [1.29, 1.82) is 0 Å². The van der Waals surface area contributed by atoms with Crippen LogP contribution in [0.1, 0.15) is 6.42 Å². The van der Waals surface area contributed by atoms with Crippen LogP contribution in [0.3, 0.4) is 0 Å². The highest BCUT2D eigenvalue weighted by molar-refractivity contribution is 5.81. The van der Waals surface area contributed by atoms with Gasteiger partial charge in [0, 0.05) is 6.08 Å². The summed E-state index contributed by atoms with van der Waals surface area (Å²) in [5.74, 6) is -11.4. The molecule has 9 heteroatoms. The van der Waals surface area contributed by atoms with E-state index in [4.69, 9.17) is 0 Å². The van der Waals surface area contributed by atoms with Gasteiger partial charge in [0.2, 0.25) is 0 Å². The normalized spacial score (nSPS) is 13.4.